The van der Waals surface area contributed by atoms with Gasteiger partial charge < -0.3 is 15.0 Å². The van der Waals surface area contributed by atoms with Crippen molar-refractivity contribution in [2.24, 2.45) is 5.92 Å². The van der Waals surface area contributed by atoms with E-state index in [4.69, 9.17) is 4.74 Å². The lowest BCUT2D eigenvalue weighted by Gasteiger charge is -2.39. The third kappa shape index (κ3) is 4.84. The Bertz CT molecular complexity index is 909. The number of hydrogen-bond donors (Lipinski definition) is 1. The molecule has 0 spiro atoms. The van der Waals surface area contributed by atoms with E-state index in [9.17, 15) is 9.59 Å². The van der Waals surface area contributed by atoms with Crippen molar-refractivity contribution in [1.82, 2.24) is 10.2 Å². The van der Waals surface area contributed by atoms with E-state index in [1.165, 1.54) is 5.56 Å². The van der Waals surface area contributed by atoms with Gasteiger partial charge in [-0.25, -0.2) is 4.79 Å². The predicted molar refractivity (Wildman–Crippen MR) is 121 cm³/mol. The van der Waals surface area contributed by atoms with Gasteiger partial charge in [-0.1, -0.05) is 49.4 Å². The SMILES string of the molecule is C[C@@H]1CN(C(=O)N2CCC(C(=O)NC[C@H](C)c3ccccc3)CC2)c2ccccc2O1. The molecule has 4 rings (SSSR count). The monoisotopic (exact) mass is 421 g/mol. The van der Waals surface area contributed by atoms with E-state index in [1.54, 1.807) is 0 Å². The molecule has 0 unspecified atom stereocenters. The number of ether oxygens (including phenoxy) is 1. The topological polar surface area (TPSA) is 61.9 Å². The number of fused-ring (bicyclic) bond motifs is 1. The van der Waals surface area contributed by atoms with Crippen LogP contribution in [-0.4, -0.2) is 49.1 Å². The molecular formula is C25H31N3O3. The Hall–Kier alpha value is -3.02. The molecule has 2 atom stereocenters. The van der Waals surface area contributed by atoms with Gasteiger partial charge in [0.1, 0.15) is 11.9 Å². The molecule has 0 saturated carbocycles. The van der Waals surface area contributed by atoms with Crippen LogP contribution in [0.25, 0.3) is 0 Å². The molecule has 2 aromatic rings. The van der Waals surface area contributed by atoms with Crippen LogP contribution in [0.5, 0.6) is 5.75 Å². The van der Waals surface area contributed by atoms with Gasteiger partial charge in [0.15, 0.2) is 0 Å². The number of nitrogens with zero attached hydrogens (tertiary/aromatic N) is 2. The Kier molecular flexibility index (Phi) is 6.44. The van der Waals surface area contributed by atoms with Crippen molar-refractivity contribution in [2.45, 2.75) is 38.7 Å². The molecule has 31 heavy (non-hydrogen) atoms. The van der Waals surface area contributed by atoms with Gasteiger partial charge in [0, 0.05) is 25.6 Å². The van der Waals surface area contributed by atoms with E-state index in [0.29, 0.717) is 39.0 Å². The summed E-state index contributed by atoms with van der Waals surface area (Å²) in [5.41, 5.74) is 2.05. The van der Waals surface area contributed by atoms with Crippen LogP contribution < -0.4 is 15.0 Å². The first kappa shape index (κ1) is 21.2. The molecule has 1 saturated heterocycles. The maximum absolute atomic E-state index is 13.2. The highest BCUT2D eigenvalue weighted by molar-refractivity contribution is 5.94. The van der Waals surface area contributed by atoms with Crippen molar-refractivity contribution in [3.8, 4) is 5.75 Å². The zero-order valence-corrected chi connectivity index (χ0v) is 18.3. The van der Waals surface area contributed by atoms with Crippen LogP contribution in [-0.2, 0) is 4.79 Å². The molecule has 3 amide bonds. The fraction of sp³-hybridized carbons (Fsp3) is 0.440. The summed E-state index contributed by atoms with van der Waals surface area (Å²) in [6.45, 7) is 6.46. The zero-order chi connectivity index (χ0) is 21.8. The number of piperidine rings is 1. The number of hydrogen-bond acceptors (Lipinski definition) is 3. The Balaban J connectivity index is 1.29. The molecule has 2 aromatic carbocycles. The quantitative estimate of drug-likeness (QED) is 0.811. The van der Waals surface area contributed by atoms with Gasteiger partial charge in [0.05, 0.1) is 12.2 Å². The van der Waals surface area contributed by atoms with Crippen molar-refractivity contribution in [2.75, 3.05) is 31.1 Å². The minimum atomic E-state index is -0.0474. The largest absolute Gasteiger partial charge is 0.487 e. The number of carbonyl (C=O) groups is 2. The average molecular weight is 422 g/mol. The fourth-order valence-corrected chi connectivity index (χ4v) is 4.37. The van der Waals surface area contributed by atoms with Gasteiger partial charge >= 0.3 is 6.03 Å². The van der Waals surface area contributed by atoms with Crippen LogP contribution in [0.15, 0.2) is 54.6 Å². The van der Waals surface area contributed by atoms with Crippen LogP contribution in [0.3, 0.4) is 0 Å². The normalized spacial score (nSPS) is 19.9. The number of carbonyl (C=O) groups excluding carboxylic acids is 2. The summed E-state index contributed by atoms with van der Waals surface area (Å²) >= 11 is 0. The van der Waals surface area contributed by atoms with Crippen LogP contribution in [0.1, 0.15) is 38.2 Å². The summed E-state index contributed by atoms with van der Waals surface area (Å²) in [6, 6.07) is 17.9. The van der Waals surface area contributed by atoms with Crippen LogP contribution in [0.4, 0.5) is 10.5 Å². The maximum Gasteiger partial charge on any atom is 0.324 e. The van der Waals surface area contributed by atoms with E-state index < -0.39 is 0 Å². The molecule has 1 N–H and O–H groups in total. The zero-order valence-electron chi connectivity index (χ0n) is 18.3. The molecule has 1 fully saturated rings. The van der Waals surface area contributed by atoms with Gasteiger partial charge in [0.25, 0.3) is 0 Å². The number of amides is 3. The van der Waals surface area contributed by atoms with Crippen LogP contribution in [0.2, 0.25) is 0 Å². The molecule has 6 nitrogen and oxygen atoms in total. The lowest BCUT2D eigenvalue weighted by molar-refractivity contribution is -0.126. The Labute approximate surface area is 184 Å². The summed E-state index contributed by atoms with van der Waals surface area (Å²) in [7, 11) is 0. The van der Waals surface area contributed by atoms with E-state index in [-0.39, 0.29) is 29.9 Å². The lowest BCUT2D eigenvalue weighted by atomic mass is 9.95. The second-order valence-corrected chi connectivity index (χ2v) is 8.61. The van der Waals surface area contributed by atoms with E-state index in [0.717, 1.165) is 11.4 Å². The van der Waals surface area contributed by atoms with E-state index in [2.05, 4.69) is 24.4 Å². The van der Waals surface area contributed by atoms with E-state index >= 15 is 0 Å². The first-order chi connectivity index (χ1) is 15.0. The van der Waals surface area contributed by atoms with Crippen LogP contribution >= 0.6 is 0 Å². The number of nitrogens with one attached hydrogen (secondary N) is 1. The molecule has 6 heteroatoms. The minimum absolute atomic E-state index is 0.000780. The van der Waals surface area contributed by atoms with Gasteiger partial charge in [-0.3, -0.25) is 9.69 Å². The molecule has 2 aliphatic rings. The van der Waals surface area contributed by atoms with E-state index in [1.807, 2.05) is 59.2 Å². The number of anilines is 1. The number of rotatable bonds is 4. The Morgan fingerprint density at radius 1 is 1.06 bits per heavy atom. The second-order valence-electron chi connectivity index (χ2n) is 8.61. The molecule has 164 valence electrons. The third-order valence-electron chi connectivity index (χ3n) is 6.24. The summed E-state index contributed by atoms with van der Waals surface area (Å²) in [6.07, 6.45) is 1.34. The molecule has 0 aromatic heterocycles. The second kappa shape index (κ2) is 9.41. The first-order valence-electron chi connectivity index (χ1n) is 11.2. The summed E-state index contributed by atoms with van der Waals surface area (Å²) in [5, 5.41) is 3.11. The number of urea groups is 1. The summed E-state index contributed by atoms with van der Waals surface area (Å²) < 4.78 is 5.86. The molecular weight excluding hydrogens is 390 g/mol. The maximum atomic E-state index is 13.2. The van der Waals surface area contributed by atoms with Crippen LogP contribution in [0, 0.1) is 5.92 Å². The van der Waals surface area contributed by atoms with Gasteiger partial charge in [-0.05, 0) is 43.4 Å². The van der Waals surface area contributed by atoms with Crippen molar-refractivity contribution in [3.63, 3.8) is 0 Å². The standard InChI is InChI=1S/C25H31N3O3/c1-18(20-8-4-3-5-9-20)16-26-24(29)21-12-14-27(15-13-21)25(30)28-17-19(2)31-23-11-7-6-10-22(23)28/h3-11,18-19,21H,12-17H2,1-2H3,(H,26,29)/t18-,19+/m0/s1. The van der Waals surface area contributed by atoms with Crippen molar-refractivity contribution in [1.29, 1.82) is 0 Å². The molecule has 2 aliphatic heterocycles. The van der Waals surface area contributed by atoms with Gasteiger partial charge in [-0.15, -0.1) is 0 Å². The highest BCUT2D eigenvalue weighted by Gasteiger charge is 2.33. The molecule has 2 heterocycles. The summed E-state index contributed by atoms with van der Waals surface area (Å²) in [4.78, 5) is 29.6. The smallest absolute Gasteiger partial charge is 0.324 e. The van der Waals surface area contributed by atoms with Crippen molar-refractivity contribution < 1.29 is 14.3 Å². The molecule has 0 bridgehead atoms. The third-order valence-corrected chi connectivity index (χ3v) is 6.24. The predicted octanol–water partition coefficient (Wildman–Crippen LogP) is 4.03. The highest BCUT2D eigenvalue weighted by atomic mass is 16.5. The van der Waals surface area contributed by atoms with Gasteiger partial charge in [0.2, 0.25) is 5.91 Å². The number of likely N-dealkylation sites (tertiary alicyclic amines) is 1. The highest BCUT2D eigenvalue weighted by Crippen LogP contribution is 2.34. The van der Waals surface area contributed by atoms with Crippen molar-refractivity contribution >= 4 is 17.6 Å². The molecule has 0 aliphatic carbocycles. The Morgan fingerprint density at radius 3 is 2.48 bits per heavy atom. The Morgan fingerprint density at radius 2 is 1.74 bits per heavy atom. The average Bonchev–Trinajstić information content (AvgIpc) is 2.82. The number of benzene rings is 2. The first-order valence-corrected chi connectivity index (χ1v) is 11.2. The summed E-state index contributed by atoms with van der Waals surface area (Å²) in [5.74, 6) is 1.08. The lowest BCUT2D eigenvalue weighted by Crippen LogP contribution is -2.52. The fourth-order valence-electron chi connectivity index (χ4n) is 4.37. The van der Waals surface area contributed by atoms with Crippen molar-refractivity contribution in [3.05, 3.63) is 60.2 Å². The molecule has 0 radical (unpaired) electrons. The number of para-hydroxylation sites is 2. The minimum Gasteiger partial charge on any atom is -0.487 e. The van der Waals surface area contributed by atoms with Gasteiger partial charge in [-0.2, -0.15) is 0 Å².